The number of hydrogen-bond donors (Lipinski definition) is 1. The van der Waals surface area contributed by atoms with Crippen molar-refractivity contribution in [1.29, 1.82) is 0 Å². The van der Waals surface area contributed by atoms with Crippen molar-refractivity contribution in [2.75, 3.05) is 7.11 Å². The van der Waals surface area contributed by atoms with Crippen molar-refractivity contribution >= 4 is 0 Å². The van der Waals surface area contributed by atoms with E-state index in [2.05, 4.69) is 13.8 Å². The summed E-state index contributed by atoms with van der Waals surface area (Å²) in [5, 5.41) is 7.00. The lowest BCUT2D eigenvalue weighted by Crippen LogP contribution is -2.70. The van der Waals surface area contributed by atoms with E-state index in [1.807, 2.05) is 37.3 Å². The zero-order valence-corrected chi connectivity index (χ0v) is 17.2. The average Bonchev–Trinajstić information content (AvgIpc) is 2.94. The summed E-state index contributed by atoms with van der Waals surface area (Å²) in [4.78, 5) is 12.0. The van der Waals surface area contributed by atoms with Crippen LogP contribution >= 0.6 is 0 Å². The molecule has 0 radical (unpaired) electrons. The van der Waals surface area contributed by atoms with Gasteiger partial charge in [0.2, 0.25) is 12.1 Å². The number of fused-ring (bicyclic) bond motifs is 2. The number of ether oxygens (including phenoxy) is 3. The van der Waals surface area contributed by atoms with Crippen molar-refractivity contribution < 1.29 is 29.1 Å². The van der Waals surface area contributed by atoms with Crippen LogP contribution in [0.15, 0.2) is 30.3 Å². The zero-order chi connectivity index (χ0) is 19.9. The molecule has 3 unspecified atom stereocenters. The molecule has 6 rings (SSSR count). The van der Waals surface area contributed by atoms with Gasteiger partial charge in [0, 0.05) is 25.4 Å². The maximum atomic E-state index is 7.00. The summed E-state index contributed by atoms with van der Waals surface area (Å²) in [6, 6.07) is 9.87. The van der Waals surface area contributed by atoms with Gasteiger partial charge in [-0.05, 0) is 50.2 Å². The first kappa shape index (κ1) is 20.1. The Hall–Kier alpha value is -1.18. The van der Waals surface area contributed by atoms with E-state index in [0.29, 0.717) is 17.8 Å². The van der Waals surface area contributed by atoms with Crippen LogP contribution in [0.4, 0.5) is 0 Å². The highest BCUT2D eigenvalue weighted by Gasteiger charge is 2.69. The number of hydrogen-bond acceptors (Lipinski definition) is 6. The highest BCUT2D eigenvalue weighted by Crippen LogP contribution is 2.60. The summed E-state index contributed by atoms with van der Waals surface area (Å²) in [5.41, 5.74) is -0.524. The Morgan fingerprint density at radius 3 is 2.50 bits per heavy atom. The van der Waals surface area contributed by atoms with Gasteiger partial charge in [-0.15, -0.1) is 0 Å². The highest BCUT2D eigenvalue weighted by atomic mass is 17.3. The molecule has 8 atom stereocenters. The van der Waals surface area contributed by atoms with E-state index in [0.717, 1.165) is 32.1 Å². The first-order valence-electron chi connectivity index (χ1n) is 10.4. The van der Waals surface area contributed by atoms with Crippen LogP contribution in [0.5, 0.6) is 5.75 Å². The zero-order valence-electron chi connectivity index (χ0n) is 17.2. The molecule has 1 aromatic rings. The van der Waals surface area contributed by atoms with Gasteiger partial charge in [-0.1, -0.05) is 32.0 Å². The van der Waals surface area contributed by atoms with Crippen LogP contribution in [-0.2, 0) is 19.2 Å². The summed E-state index contributed by atoms with van der Waals surface area (Å²) in [6.45, 7) is 6.48. The fourth-order valence-electron chi connectivity index (χ4n) is 5.64. The van der Waals surface area contributed by atoms with E-state index in [9.17, 15) is 0 Å². The number of aliphatic hydroxyl groups excluding tert-OH is 1. The number of benzene rings is 1. The quantitative estimate of drug-likeness (QED) is 0.771. The predicted molar refractivity (Wildman–Crippen MR) is 102 cm³/mol. The first-order valence-corrected chi connectivity index (χ1v) is 10.4. The van der Waals surface area contributed by atoms with Crippen LogP contribution in [0.3, 0.4) is 0 Å². The maximum Gasteiger partial charge on any atom is 0.205 e. The van der Waals surface area contributed by atoms with Crippen LogP contribution < -0.4 is 4.74 Å². The minimum Gasteiger partial charge on any atom is -0.465 e. The highest BCUT2D eigenvalue weighted by molar-refractivity contribution is 5.21. The lowest BCUT2D eigenvalue weighted by atomic mass is 9.58. The monoisotopic (exact) mass is 392 g/mol. The minimum atomic E-state index is -0.741. The number of aliphatic hydroxyl groups is 1. The predicted octanol–water partition coefficient (Wildman–Crippen LogP) is 3.88. The SMILES string of the molecule is CO.C[C@H]1C(Oc2ccccc2)O[C@@H]2O[C@@]3(C)CCC4[C@H](C)CCC1[C@]42OO3. The van der Waals surface area contributed by atoms with Gasteiger partial charge in [-0.25, -0.2) is 9.78 Å². The van der Waals surface area contributed by atoms with Crippen LogP contribution in [-0.4, -0.2) is 36.2 Å². The van der Waals surface area contributed by atoms with Gasteiger partial charge >= 0.3 is 0 Å². The molecule has 0 aromatic heterocycles. The van der Waals surface area contributed by atoms with Gasteiger partial charge in [0.15, 0.2) is 11.9 Å². The Kier molecular flexibility index (Phi) is 5.44. The van der Waals surface area contributed by atoms with Crippen molar-refractivity contribution in [1.82, 2.24) is 0 Å². The van der Waals surface area contributed by atoms with Gasteiger partial charge in [-0.3, -0.25) is 0 Å². The lowest BCUT2D eigenvalue weighted by molar-refractivity contribution is -0.575. The molecule has 0 amide bonds. The summed E-state index contributed by atoms with van der Waals surface area (Å²) < 4.78 is 19.0. The standard InChI is InChI=1S/C21H28O5.CH4O/c1-13-9-10-17-14(2)18(22-15-7-5-4-6-8-15)23-19-21(17)16(13)11-12-20(3,24-19)25-26-21;1-2/h4-8,13-14,16-19H,9-12H2,1-3H3;2H,1H3/t13-,14-,16?,17?,18?,19-,20-,21-;/m1./s1. The molecule has 1 N–H and O–H groups in total. The van der Waals surface area contributed by atoms with Crippen molar-refractivity contribution in [3.8, 4) is 5.75 Å². The van der Waals surface area contributed by atoms with Crippen LogP contribution in [0.1, 0.15) is 46.5 Å². The van der Waals surface area contributed by atoms with E-state index in [1.54, 1.807) is 0 Å². The largest absolute Gasteiger partial charge is 0.465 e. The molecule has 5 aliphatic rings. The van der Waals surface area contributed by atoms with E-state index in [-0.39, 0.29) is 12.2 Å². The van der Waals surface area contributed by atoms with Crippen molar-refractivity contribution in [3.63, 3.8) is 0 Å². The molecule has 4 saturated heterocycles. The molecule has 1 saturated carbocycles. The second kappa shape index (κ2) is 7.58. The van der Waals surface area contributed by atoms with E-state index in [4.69, 9.17) is 29.1 Å². The smallest absolute Gasteiger partial charge is 0.205 e. The Morgan fingerprint density at radius 1 is 1.00 bits per heavy atom. The van der Waals surface area contributed by atoms with Gasteiger partial charge in [0.1, 0.15) is 5.75 Å². The average molecular weight is 392 g/mol. The molecule has 2 bridgehead atoms. The molecule has 4 heterocycles. The Balaban J connectivity index is 0.000000932. The summed E-state index contributed by atoms with van der Waals surface area (Å²) in [5.74, 6) is 1.52. The summed E-state index contributed by atoms with van der Waals surface area (Å²) in [6.07, 6.45) is 3.35. The van der Waals surface area contributed by atoms with Crippen LogP contribution in [0, 0.1) is 23.7 Å². The number of para-hydroxylation sites is 1. The molecule has 156 valence electrons. The van der Waals surface area contributed by atoms with Crippen molar-refractivity contribution in [2.45, 2.75) is 70.4 Å². The molecular weight excluding hydrogens is 360 g/mol. The summed E-state index contributed by atoms with van der Waals surface area (Å²) in [7, 11) is 1.00. The fourth-order valence-corrected chi connectivity index (χ4v) is 5.64. The van der Waals surface area contributed by atoms with Gasteiger partial charge in [-0.2, -0.15) is 0 Å². The Bertz CT molecular complexity index is 668. The van der Waals surface area contributed by atoms with Crippen molar-refractivity contribution in [2.24, 2.45) is 23.7 Å². The second-order valence-electron chi connectivity index (χ2n) is 8.70. The molecule has 28 heavy (non-hydrogen) atoms. The van der Waals surface area contributed by atoms with E-state index < -0.39 is 17.7 Å². The van der Waals surface area contributed by atoms with E-state index in [1.165, 1.54) is 6.42 Å². The fraction of sp³-hybridized carbons (Fsp3) is 0.727. The third-order valence-corrected chi connectivity index (χ3v) is 7.09. The number of rotatable bonds is 2. The Morgan fingerprint density at radius 2 is 1.75 bits per heavy atom. The Labute approximate surface area is 167 Å². The second-order valence-corrected chi connectivity index (χ2v) is 8.70. The molecule has 1 spiro atoms. The van der Waals surface area contributed by atoms with Crippen LogP contribution in [0.25, 0.3) is 0 Å². The van der Waals surface area contributed by atoms with Gasteiger partial charge < -0.3 is 19.3 Å². The van der Waals surface area contributed by atoms with Crippen LogP contribution in [0.2, 0.25) is 0 Å². The molecule has 6 heteroatoms. The van der Waals surface area contributed by atoms with Gasteiger partial charge in [0.05, 0.1) is 0 Å². The minimum absolute atomic E-state index is 0.191. The molecule has 6 nitrogen and oxygen atoms in total. The molecular formula is C22H32O6. The molecule has 1 aromatic carbocycles. The van der Waals surface area contributed by atoms with Gasteiger partial charge in [0.25, 0.3) is 0 Å². The lowest BCUT2D eigenvalue weighted by Gasteiger charge is -2.60. The van der Waals surface area contributed by atoms with Crippen molar-refractivity contribution in [3.05, 3.63) is 30.3 Å². The molecule has 1 aliphatic carbocycles. The normalized spacial score (nSPS) is 46.6. The maximum absolute atomic E-state index is 7.00. The summed E-state index contributed by atoms with van der Waals surface area (Å²) >= 11 is 0. The third-order valence-electron chi connectivity index (χ3n) is 7.09. The molecule has 5 fully saturated rings. The topological polar surface area (TPSA) is 66.4 Å². The first-order chi connectivity index (χ1) is 13.5. The third kappa shape index (κ3) is 3.06. The molecule has 4 aliphatic heterocycles. The van der Waals surface area contributed by atoms with E-state index >= 15 is 0 Å².